The van der Waals surface area contributed by atoms with Crippen LogP contribution in [0.15, 0.2) is 0 Å². The standard InChI is InChI=1S/C12H24ClNO/c1-3-5-11-8-14(7-10(11)4-2)9-12(15)6-13/h10-12,15H,3-9H2,1-2H3. The molecule has 3 heteroatoms. The van der Waals surface area contributed by atoms with Crippen molar-refractivity contribution in [3.8, 4) is 0 Å². The van der Waals surface area contributed by atoms with Crippen LogP contribution in [0, 0.1) is 11.8 Å². The van der Waals surface area contributed by atoms with E-state index in [-0.39, 0.29) is 6.10 Å². The number of aliphatic hydroxyl groups excluding tert-OH is 1. The first-order valence-electron chi connectivity index (χ1n) is 6.17. The SMILES string of the molecule is CCCC1CN(CC(O)CCl)CC1CC. The average Bonchev–Trinajstić information content (AvgIpc) is 2.61. The molecule has 0 spiro atoms. The number of likely N-dealkylation sites (tertiary alicyclic amines) is 1. The topological polar surface area (TPSA) is 23.5 Å². The van der Waals surface area contributed by atoms with Crippen LogP contribution in [0.5, 0.6) is 0 Å². The van der Waals surface area contributed by atoms with Crippen LogP contribution in [0.4, 0.5) is 0 Å². The van der Waals surface area contributed by atoms with Gasteiger partial charge in [0.05, 0.1) is 6.10 Å². The molecule has 3 atom stereocenters. The highest BCUT2D eigenvalue weighted by molar-refractivity contribution is 6.18. The van der Waals surface area contributed by atoms with E-state index in [1.54, 1.807) is 0 Å². The van der Waals surface area contributed by atoms with Crippen molar-refractivity contribution in [3.05, 3.63) is 0 Å². The van der Waals surface area contributed by atoms with Gasteiger partial charge in [0.15, 0.2) is 0 Å². The molecule has 1 aliphatic rings. The molecule has 0 amide bonds. The molecular weight excluding hydrogens is 210 g/mol. The van der Waals surface area contributed by atoms with E-state index in [2.05, 4.69) is 18.7 Å². The molecule has 15 heavy (non-hydrogen) atoms. The molecule has 1 heterocycles. The van der Waals surface area contributed by atoms with Gasteiger partial charge >= 0.3 is 0 Å². The van der Waals surface area contributed by atoms with Crippen LogP contribution < -0.4 is 0 Å². The lowest BCUT2D eigenvalue weighted by molar-refractivity contribution is 0.140. The number of aliphatic hydroxyl groups is 1. The summed E-state index contributed by atoms with van der Waals surface area (Å²) in [5.74, 6) is 2.01. The maximum atomic E-state index is 9.52. The highest BCUT2D eigenvalue weighted by Gasteiger charge is 2.31. The van der Waals surface area contributed by atoms with E-state index in [1.165, 1.54) is 19.3 Å². The quantitative estimate of drug-likeness (QED) is 0.712. The molecular formula is C12H24ClNO. The van der Waals surface area contributed by atoms with Crippen LogP contribution in [0.1, 0.15) is 33.1 Å². The molecule has 0 aromatic rings. The van der Waals surface area contributed by atoms with Crippen molar-refractivity contribution in [1.82, 2.24) is 4.90 Å². The molecule has 0 bridgehead atoms. The molecule has 1 saturated heterocycles. The molecule has 0 saturated carbocycles. The molecule has 1 aliphatic heterocycles. The van der Waals surface area contributed by atoms with Gasteiger partial charge in [0.25, 0.3) is 0 Å². The van der Waals surface area contributed by atoms with E-state index in [1.807, 2.05) is 0 Å². The first-order valence-corrected chi connectivity index (χ1v) is 6.71. The van der Waals surface area contributed by atoms with E-state index in [4.69, 9.17) is 11.6 Å². The molecule has 1 fully saturated rings. The van der Waals surface area contributed by atoms with E-state index in [9.17, 15) is 5.11 Å². The van der Waals surface area contributed by atoms with Gasteiger partial charge in [-0.15, -0.1) is 11.6 Å². The fourth-order valence-corrected chi connectivity index (χ4v) is 2.79. The van der Waals surface area contributed by atoms with Crippen molar-refractivity contribution in [2.75, 3.05) is 25.5 Å². The lowest BCUT2D eigenvalue weighted by Crippen LogP contribution is -2.31. The molecule has 0 aliphatic carbocycles. The first-order chi connectivity index (χ1) is 7.21. The van der Waals surface area contributed by atoms with Gasteiger partial charge in [0.2, 0.25) is 0 Å². The van der Waals surface area contributed by atoms with E-state index in [0.717, 1.165) is 31.5 Å². The van der Waals surface area contributed by atoms with Crippen LogP contribution in [-0.2, 0) is 0 Å². The van der Waals surface area contributed by atoms with Crippen LogP contribution in [-0.4, -0.2) is 41.6 Å². The third kappa shape index (κ3) is 3.93. The Morgan fingerprint density at radius 2 is 2.00 bits per heavy atom. The van der Waals surface area contributed by atoms with E-state index in [0.29, 0.717) is 5.88 Å². The van der Waals surface area contributed by atoms with Gasteiger partial charge in [0.1, 0.15) is 0 Å². The van der Waals surface area contributed by atoms with Crippen molar-refractivity contribution >= 4 is 11.6 Å². The second-order valence-corrected chi connectivity index (χ2v) is 5.05. The third-order valence-electron chi connectivity index (χ3n) is 3.48. The lowest BCUT2D eigenvalue weighted by Gasteiger charge is -2.18. The van der Waals surface area contributed by atoms with Crippen molar-refractivity contribution in [2.45, 2.75) is 39.2 Å². The zero-order valence-electron chi connectivity index (χ0n) is 9.95. The minimum absolute atomic E-state index is 0.353. The zero-order valence-corrected chi connectivity index (χ0v) is 10.7. The summed E-state index contributed by atoms with van der Waals surface area (Å²) < 4.78 is 0. The highest BCUT2D eigenvalue weighted by Crippen LogP contribution is 2.29. The largest absolute Gasteiger partial charge is 0.391 e. The minimum atomic E-state index is -0.357. The minimum Gasteiger partial charge on any atom is -0.391 e. The summed E-state index contributed by atoms with van der Waals surface area (Å²) in [7, 11) is 0. The predicted octanol–water partition coefficient (Wildman–Crippen LogP) is 2.34. The monoisotopic (exact) mass is 233 g/mol. The molecule has 1 N–H and O–H groups in total. The molecule has 0 aromatic carbocycles. The predicted molar refractivity (Wildman–Crippen MR) is 65.3 cm³/mol. The Balaban J connectivity index is 2.38. The van der Waals surface area contributed by atoms with E-state index < -0.39 is 0 Å². The highest BCUT2D eigenvalue weighted by atomic mass is 35.5. The molecule has 0 aromatic heterocycles. The molecule has 0 radical (unpaired) electrons. The number of β-amino-alcohol motifs (C(OH)–C–C–N with tert-alkyl or cyclic N) is 1. The average molecular weight is 234 g/mol. The summed E-state index contributed by atoms with van der Waals surface area (Å²) in [6.07, 6.45) is 3.50. The van der Waals surface area contributed by atoms with Crippen LogP contribution in [0.25, 0.3) is 0 Å². The summed E-state index contributed by atoms with van der Waals surface area (Å²) in [6, 6.07) is 0. The van der Waals surface area contributed by atoms with Gasteiger partial charge in [-0.05, 0) is 18.3 Å². The number of hydrogen-bond donors (Lipinski definition) is 1. The maximum absolute atomic E-state index is 9.52. The fourth-order valence-electron chi connectivity index (χ4n) is 2.69. The summed E-state index contributed by atoms with van der Waals surface area (Å²) in [5.41, 5.74) is 0. The van der Waals surface area contributed by atoms with E-state index >= 15 is 0 Å². The third-order valence-corrected chi connectivity index (χ3v) is 3.84. The second kappa shape index (κ2) is 6.72. The van der Waals surface area contributed by atoms with Gasteiger partial charge in [-0.3, -0.25) is 0 Å². The second-order valence-electron chi connectivity index (χ2n) is 4.74. The number of nitrogens with zero attached hydrogens (tertiary/aromatic N) is 1. The zero-order chi connectivity index (χ0) is 11.3. The molecule has 90 valence electrons. The van der Waals surface area contributed by atoms with Gasteiger partial charge in [0, 0.05) is 25.5 Å². The smallest absolute Gasteiger partial charge is 0.0802 e. The van der Waals surface area contributed by atoms with Crippen LogP contribution in [0.2, 0.25) is 0 Å². The molecule has 2 nitrogen and oxygen atoms in total. The Bertz CT molecular complexity index is 177. The van der Waals surface area contributed by atoms with Crippen LogP contribution >= 0.6 is 11.6 Å². The van der Waals surface area contributed by atoms with Crippen molar-refractivity contribution in [2.24, 2.45) is 11.8 Å². The summed E-state index contributed by atoms with van der Waals surface area (Å²) in [5, 5.41) is 9.52. The van der Waals surface area contributed by atoms with Gasteiger partial charge in [-0.2, -0.15) is 0 Å². The van der Waals surface area contributed by atoms with Crippen LogP contribution in [0.3, 0.4) is 0 Å². The van der Waals surface area contributed by atoms with Gasteiger partial charge in [-0.1, -0.05) is 26.7 Å². The summed E-state index contributed by atoms with van der Waals surface area (Å²) in [4.78, 5) is 2.38. The van der Waals surface area contributed by atoms with Crippen molar-refractivity contribution in [1.29, 1.82) is 0 Å². The maximum Gasteiger partial charge on any atom is 0.0802 e. The van der Waals surface area contributed by atoms with Crippen molar-refractivity contribution in [3.63, 3.8) is 0 Å². The fraction of sp³-hybridized carbons (Fsp3) is 1.00. The Hall–Kier alpha value is 0.210. The Morgan fingerprint density at radius 1 is 1.33 bits per heavy atom. The Kier molecular flexibility index (Phi) is 5.95. The Labute approximate surface area is 98.6 Å². The molecule has 1 rings (SSSR count). The lowest BCUT2D eigenvalue weighted by atomic mass is 9.90. The first kappa shape index (κ1) is 13.3. The number of hydrogen-bond acceptors (Lipinski definition) is 2. The summed E-state index contributed by atoms with van der Waals surface area (Å²) in [6.45, 7) is 7.58. The number of halogens is 1. The Morgan fingerprint density at radius 3 is 2.53 bits per heavy atom. The van der Waals surface area contributed by atoms with Gasteiger partial charge in [-0.25, -0.2) is 0 Å². The summed E-state index contributed by atoms with van der Waals surface area (Å²) >= 11 is 5.62. The normalized spacial score (nSPS) is 29.6. The van der Waals surface area contributed by atoms with Gasteiger partial charge < -0.3 is 10.0 Å². The number of alkyl halides is 1. The molecule has 3 unspecified atom stereocenters. The number of rotatable bonds is 6. The van der Waals surface area contributed by atoms with Crippen molar-refractivity contribution < 1.29 is 5.11 Å².